The summed E-state index contributed by atoms with van der Waals surface area (Å²) < 4.78 is 72.7. The lowest BCUT2D eigenvalue weighted by Crippen LogP contribution is -2.60. The molecule has 4 amide bonds. The van der Waals surface area contributed by atoms with E-state index in [2.05, 4.69) is 0 Å². The van der Waals surface area contributed by atoms with E-state index in [0.717, 1.165) is 9.78 Å². The van der Waals surface area contributed by atoms with Crippen molar-refractivity contribution >= 4 is 63.9 Å². The summed E-state index contributed by atoms with van der Waals surface area (Å²) in [4.78, 5) is 52.2. The minimum Gasteiger partial charge on any atom is -0.508 e. The van der Waals surface area contributed by atoms with Crippen molar-refractivity contribution in [3.05, 3.63) is 93.0 Å². The number of imide groups is 2. The molecule has 46 heavy (non-hydrogen) atoms. The second-order valence-corrected chi connectivity index (χ2v) is 13.9. The summed E-state index contributed by atoms with van der Waals surface area (Å²) in [6.45, 7) is 0.00266. The summed E-state index contributed by atoms with van der Waals surface area (Å²) in [5.41, 5.74) is -1.31. The average molecular weight is 697 g/mol. The van der Waals surface area contributed by atoms with Crippen LogP contribution in [0.15, 0.2) is 53.4 Å². The van der Waals surface area contributed by atoms with E-state index < -0.39 is 98.2 Å². The maximum absolute atomic E-state index is 15.1. The number of benzene rings is 2. The Hall–Kier alpha value is -3.81. The van der Waals surface area contributed by atoms with E-state index in [1.807, 2.05) is 0 Å². The Morgan fingerprint density at radius 1 is 0.848 bits per heavy atom. The number of phenols is 1. The minimum atomic E-state index is -2.61. The van der Waals surface area contributed by atoms with Gasteiger partial charge < -0.3 is 5.11 Å². The van der Waals surface area contributed by atoms with E-state index in [1.165, 1.54) is 35.6 Å². The van der Waals surface area contributed by atoms with Crippen molar-refractivity contribution in [3.63, 3.8) is 0 Å². The molecule has 6 unspecified atom stereocenters. The number of carbonyl (C=O) groups excluding carboxylic acids is 4. The monoisotopic (exact) mass is 696 g/mol. The van der Waals surface area contributed by atoms with Crippen LogP contribution in [-0.4, -0.2) is 43.4 Å². The van der Waals surface area contributed by atoms with Gasteiger partial charge in [-0.1, -0.05) is 29.8 Å². The van der Waals surface area contributed by atoms with Gasteiger partial charge in [0.05, 0.1) is 18.4 Å². The van der Waals surface area contributed by atoms with Gasteiger partial charge in [-0.15, -0.1) is 34.5 Å². The van der Waals surface area contributed by atoms with E-state index in [9.17, 15) is 37.5 Å². The highest BCUT2D eigenvalue weighted by atomic mass is 35.5. The molecule has 2 saturated heterocycles. The van der Waals surface area contributed by atoms with Crippen LogP contribution in [0.1, 0.15) is 29.2 Å². The Kier molecular flexibility index (Phi) is 6.93. The van der Waals surface area contributed by atoms with Gasteiger partial charge in [0.1, 0.15) is 11.4 Å². The fourth-order valence-corrected chi connectivity index (χ4v) is 9.01. The Balaban J connectivity index is 1.40. The Morgan fingerprint density at radius 2 is 1.48 bits per heavy atom. The number of carbonyl (C=O) groups is 4. The molecule has 238 valence electrons. The van der Waals surface area contributed by atoms with Gasteiger partial charge >= 0.3 is 0 Å². The van der Waals surface area contributed by atoms with Crippen LogP contribution in [0.2, 0.25) is 0 Å². The van der Waals surface area contributed by atoms with Gasteiger partial charge in [-0.25, -0.2) is 26.9 Å². The number of allylic oxidation sites excluding steroid dienone is 2. The molecule has 1 saturated carbocycles. The Bertz CT molecular complexity index is 1880. The first-order chi connectivity index (χ1) is 21.7. The molecule has 3 heterocycles. The molecule has 7 nitrogen and oxygen atoms in total. The normalized spacial score (nSPS) is 30.5. The van der Waals surface area contributed by atoms with E-state index in [4.69, 9.17) is 23.2 Å². The van der Waals surface area contributed by atoms with Crippen LogP contribution in [-0.2, 0) is 25.7 Å². The molecule has 15 heteroatoms. The van der Waals surface area contributed by atoms with Crippen molar-refractivity contribution in [1.82, 2.24) is 4.90 Å². The van der Waals surface area contributed by atoms with Crippen molar-refractivity contribution in [1.29, 1.82) is 0 Å². The van der Waals surface area contributed by atoms with Crippen LogP contribution in [0.3, 0.4) is 0 Å². The number of aromatic hydroxyl groups is 1. The number of likely N-dealkylation sites (tertiary alicyclic amines) is 1. The number of rotatable bonds is 4. The van der Waals surface area contributed by atoms with Crippen molar-refractivity contribution in [3.8, 4) is 5.75 Å². The zero-order valence-corrected chi connectivity index (χ0v) is 25.4. The molecule has 6 atom stereocenters. The topological polar surface area (TPSA) is 95.0 Å². The lowest BCUT2D eigenvalue weighted by Gasteiger charge is -2.50. The van der Waals surface area contributed by atoms with E-state index >= 15 is 8.78 Å². The van der Waals surface area contributed by atoms with Gasteiger partial charge in [-0.3, -0.25) is 24.1 Å². The standard InChI is InChI=1S/C31H19Cl2F5N2O5S/c32-30-10-17-15(7-8-16-18(17)27(43)39(26(16)42)11-14-2-1-9-46-14)19(12-3-5-13(41)6-4-12)31(30,33)29(45)40(28(30)44)25-23(37)21(35)20(34)22(36)24(25)38/h1-7,9,16-19,41H,8,10-11H2. The predicted molar refractivity (Wildman–Crippen MR) is 154 cm³/mol. The summed E-state index contributed by atoms with van der Waals surface area (Å²) in [6.07, 6.45) is 1.08. The zero-order valence-electron chi connectivity index (χ0n) is 23.1. The number of nitrogens with zero attached hydrogens (tertiary/aromatic N) is 2. The summed E-state index contributed by atoms with van der Waals surface area (Å²) in [6, 6.07) is 8.73. The van der Waals surface area contributed by atoms with E-state index in [1.54, 1.807) is 23.6 Å². The number of amides is 4. The molecule has 3 fully saturated rings. The number of phenolic OH excluding ortho intramolecular Hbond substituents is 1. The molecule has 2 aromatic carbocycles. The maximum atomic E-state index is 15.1. The number of alkyl halides is 2. The fourth-order valence-electron chi connectivity index (χ4n) is 7.39. The van der Waals surface area contributed by atoms with Crippen LogP contribution in [0.5, 0.6) is 5.75 Å². The lowest BCUT2D eigenvalue weighted by molar-refractivity contribution is -0.141. The maximum Gasteiger partial charge on any atom is 0.258 e. The molecule has 7 rings (SSSR count). The summed E-state index contributed by atoms with van der Waals surface area (Å²) >= 11 is 15.4. The molecule has 1 aromatic heterocycles. The molecular weight excluding hydrogens is 678 g/mol. The highest BCUT2D eigenvalue weighted by Gasteiger charge is 2.77. The number of hydrogen-bond acceptors (Lipinski definition) is 6. The van der Waals surface area contributed by atoms with Gasteiger partial charge in [0.2, 0.25) is 17.6 Å². The Morgan fingerprint density at radius 3 is 2.09 bits per heavy atom. The van der Waals surface area contributed by atoms with Crippen molar-refractivity contribution in [2.45, 2.75) is 35.1 Å². The molecule has 0 bridgehead atoms. The van der Waals surface area contributed by atoms with Crippen LogP contribution in [0, 0.1) is 46.8 Å². The van der Waals surface area contributed by atoms with Crippen LogP contribution >= 0.6 is 34.5 Å². The quantitative estimate of drug-likeness (QED) is 0.0914. The first-order valence-electron chi connectivity index (χ1n) is 13.9. The molecule has 3 aromatic rings. The number of hydrogen-bond donors (Lipinski definition) is 1. The fraction of sp³-hybridized carbons (Fsp3) is 0.290. The highest BCUT2D eigenvalue weighted by Crippen LogP contribution is 2.66. The largest absolute Gasteiger partial charge is 0.508 e. The number of halogens is 7. The predicted octanol–water partition coefficient (Wildman–Crippen LogP) is 5.91. The first-order valence-corrected chi connectivity index (χ1v) is 15.5. The van der Waals surface area contributed by atoms with Gasteiger partial charge in [-0.05, 0) is 47.9 Å². The zero-order chi connectivity index (χ0) is 33.0. The number of fused-ring (bicyclic) bond motifs is 4. The van der Waals surface area contributed by atoms with Gasteiger partial charge in [0.25, 0.3) is 11.8 Å². The molecule has 0 spiro atoms. The van der Waals surface area contributed by atoms with Crippen LogP contribution < -0.4 is 4.90 Å². The Labute approximate surface area is 270 Å². The number of thiophene rings is 1. The summed E-state index contributed by atoms with van der Waals surface area (Å²) in [5, 5.41) is 11.7. The average Bonchev–Trinajstić information content (AvgIpc) is 3.67. The molecule has 4 aliphatic rings. The third kappa shape index (κ3) is 3.88. The summed E-state index contributed by atoms with van der Waals surface area (Å²) in [7, 11) is 0. The molecular formula is C31H19Cl2F5N2O5S. The number of anilines is 1. The molecule has 2 aliphatic heterocycles. The van der Waals surface area contributed by atoms with E-state index in [0.29, 0.717) is 5.57 Å². The minimum absolute atomic E-state index is 0.00266. The van der Waals surface area contributed by atoms with Gasteiger partial charge in [0.15, 0.2) is 33.0 Å². The molecule has 1 N–H and O–H groups in total. The lowest BCUT2D eigenvalue weighted by atomic mass is 9.56. The highest BCUT2D eigenvalue weighted by molar-refractivity contribution is 7.09. The van der Waals surface area contributed by atoms with Crippen LogP contribution in [0.4, 0.5) is 27.6 Å². The van der Waals surface area contributed by atoms with Crippen molar-refractivity contribution in [2.75, 3.05) is 4.90 Å². The van der Waals surface area contributed by atoms with Crippen molar-refractivity contribution < 1.29 is 46.2 Å². The third-order valence-corrected chi connectivity index (χ3v) is 11.7. The summed E-state index contributed by atoms with van der Waals surface area (Å²) in [5.74, 6) is -20.8. The van der Waals surface area contributed by atoms with Crippen molar-refractivity contribution in [2.24, 2.45) is 17.8 Å². The first kappa shape index (κ1) is 30.8. The smallest absolute Gasteiger partial charge is 0.258 e. The van der Waals surface area contributed by atoms with E-state index in [-0.39, 0.29) is 29.2 Å². The SMILES string of the molecule is O=C1C2CC=C3C(CC4(Cl)C(=O)N(c5c(F)c(F)c(F)c(F)c5F)C(=O)C4(Cl)C3c3ccc(O)cc3)C2C(=O)N1Cc1cccs1. The second-order valence-electron chi connectivity index (χ2n) is 11.6. The molecule has 2 aliphatic carbocycles. The van der Waals surface area contributed by atoms with Gasteiger partial charge in [0, 0.05) is 10.8 Å². The second kappa shape index (κ2) is 10.3. The van der Waals surface area contributed by atoms with Gasteiger partial charge in [-0.2, -0.15) is 0 Å². The molecule has 0 radical (unpaired) electrons. The van der Waals surface area contributed by atoms with Crippen LogP contribution in [0.25, 0.3) is 0 Å². The third-order valence-electron chi connectivity index (χ3n) is 9.43.